The van der Waals surface area contributed by atoms with Crippen LogP contribution in [0.25, 0.3) is 0 Å². The molecule has 1 aliphatic heterocycles. The summed E-state index contributed by atoms with van der Waals surface area (Å²) >= 11 is 6.55. The molecule has 31 heavy (non-hydrogen) atoms. The Bertz CT molecular complexity index is 1190. The van der Waals surface area contributed by atoms with Gasteiger partial charge in [-0.15, -0.1) is 0 Å². The smallest absolute Gasteiger partial charge is 0.318 e. The van der Waals surface area contributed by atoms with E-state index in [-0.39, 0.29) is 18.3 Å². The molecule has 0 radical (unpaired) electrons. The highest BCUT2D eigenvalue weighted by Gasteiger charge is 2.42. The minimum Gasteiger partial charge on any atom is -0.501 e. The third kappa shape index (κ3) is 3.49. The zero-order chi connectivity index (χ0) is 22.3. The molecule has 1 amide bonds. The third-order valence-electron chi connectivity index (χ3n) is 5.52. The monoisotopic (exact) mass is 437 g/mol. The van der Waals surface area contributed by atoms with E-state index in [0.29, 0.717) is 5.02 Å². The Hall–Kier alpha value is -3.50. The Labute approximate surface area is 184 Å². The standard InChI is InChI=1S/C23H20ClN3O4/c1-13(2)26-12-17(27-19(22(26)30)20(28)21(29)25-23(27)31)18(14-8-4-3-5-9-14)15-10-6-7-11-16(15)24/h3-4,6-8,10-11,13,17-18,28H,12H2,1-2H3,(H,25,29,31). The van der Waals surface area contributed by atoms with Gasteiger partial charge in [0.2, 0.25) is 5.75 Å². The molecule has 0 spiro atoms. The van der Waals surface area contributed by atoms with E-state index in [1.807, 2.05) is 44.2 Å². The van der Waals surface area contributed by atoms with Crippen LogP contribution in [0.3, 0.4) is 0 Å². The average Bonchev–Trinajstić information content (AvgIpc) is 2.74. The lowest BCUT2D eigenvalue weighted by atomic mass is 9.83. The van der Waals surface area contributed by atoms with Gasteiger partial charge >= 0.3 is 5.56 Å². The first-order chi connectivity index (χ1) is 14.8. The van der Waals surface area contributed by atoms with Crippen molar-refractivity contribution in [2.75, 3.05) is 6.54 Å². The molecule has 2 atom stereocenters. The first-order valence-electron chi connectivity index (χ1n) is 9.79. The molecule has 1 aliphatic rings. The number of nitrogens with zero attached hydrogens (tertiary/aromatic N) is 3. The van der Waals surface area contributed by atoms with E-state index < -0.39 is 35.2 Å². The Morgan fingerprint density at radius 2 is 1.90 bits per heavy atom. The highest BCUT2D eigenvalue weighted by molar-refractivity contribution is 6.31. The number of carbonyl (C=O) groups is 1. The SMILES string of the molecule is CC(C)N1CC(C(c2c#cccc2)c2ccccc2Cl)n2c(O)nc(=O)c(O)c2C1=O. The quantitative estimate of drug-likeness (QED) is 0.653. The molecule has 1 aromatic heterocycles. The van der Waals surface area contributed by atoms with Crippen LogP contribution in [0.4, 0.5) is 0 Å². The molecule has 0 saturated heterocycles. The molecule has 0 fully saturated rings. The second-order valence-corrected chi connectivity index (χ2v) is 8.06. The number of amides is 1. The van der Waals surface area contributed by atoms with Crippen molar-refractivity contribution in [3.8, 4) is 11.8 Å². The lowest BCUT2D eigenvalue weighted by Gasteiger charge is -2.41. The molecule has 3 aromatic rings. The number of hydrogen-bond acceptors (Lipinski definition) is 5. The van der Waals surface area contributed by atoms with Gasteiger partial charge < -0.3 is 15.1 Å². The van der Waals surface area contributed by atoms with Crippen LogP contribution in [0, 0.1) is 12.1 Å². The number of halogens is 1. The first kappa shape index (κ1) is 20.8. The fourth-order valence-corrected chi connectivity index (χ4v) is 4.34. The van der Waals surface area contributed by atoms with E-state index in [4.69, 9.17) is 11.6 Å². The second kappa shape index (κ2) is 7.97. The van der Waals surface area contributed by atoms with Crippen LogP contribution in [0.5, 0.6) is 11.8 Å². The van der Waals surface area contributed by atoms with Gasteiger partial charge in [-0.1, -0.05) is 48.0 Å². The van der Waals surface area contributed by atoms with Crippen LogP contribution in [-0.4, -0.2) is 43.2 Å². The van der Waals surface area contributed by atoms with Gasteiger partial charge in [0.25, 0.3) is 11.9 Å². The molecule has 2 unspecified atom stereocenters. The van der Waals surface area contributed by atoms with Crippen molar-refractivity contribution in [1.82, 2.24) is 14.5 Å². The fourth-order valence-electron chi connectivity index (χ4n) is 4.09. The van der Waals surface area contributed by atoms with E-state index in [0.717, 1.165) is 11.1 Å². The second-order valence-electron chi connectivity index (χ2n) is 7.65. The summed E-state index contributed by atoms with van der Waals surface area (Å²) in [5.74, 6) is -1.83. The maximum absolute atomic E-state index is 13.1. The predicted octanol–water partition coefficient (Wildman–Crippen LogP) is 3.15. The van der Waals surface area contributed by atoms with Crippen molar-refractivity contribution in [3.63, 3.8) is 0 Å². The summed E-state index contributed by atoms with van der Waals surface area (Å²) in [6, 6.07) is 17.2. The maximum Gasteiger partial charge on any atom is 0.318 e. The van der Waals surface area contributed by atoms with E-state index in [1.165, 1.54) is 4.57 Å². The van der Waals surface area contributed by atoms with Gasteiger partial charge in [0.05, 0.1) is 6.04 Å². The summed E-state index contributed by atoms with van der Waals surface area (Å²) in [6.45, 7) is 3.88. The summed E-state index contributed by atoms with van der Waals surface area (Å²) in [5.41, 5.74) is 0.114. The van der Waals surface area contributed by atoms with Gasteiger partial charge in [-0.05, 0) is 37.6 Å². The number of rotatable bonds is 4. The van der Waals surface area contributed by atoms with Gasteiger partial charge in [0.15, 0.2) is 5.69 Å². The van der Waals surface area contributed by atoms with Crippen molar-refractivity contribution in [2.24, 2.45) is 0 Å². The fraction of sp³-hybridized carbons (Fsp3) is 0.261. The van der Waals surface area contributed by atoms with Gasteiger partial charge in [0, 0.05) is 29.1 Å². The van der Waals surface area contributed by atoms with Crippen LogP contribution in [0.15, 0.2) is 47.3 Å². The summed E-state index contributed by atoms with van der Waals surface area (Å²) in [7, 11) is 0. The van der Waals surface area contributed by atoms with Crippen LogP contribution in [0.1, 0.15) is 47.4 Å². The molecular formula is C23H20ClN3O4. The van der Waals surface area contributed by atoms with Crippen molar-refractivity contribution in [2.45, 2.75) is 31.8 Å². The summed E-state index contributed by atoms with van der Waals surface area (Å²) < 4.78 is 1.23. The number of aromatic hydroxyl groups is 2. The van der Waals surface area contributed by atoms with Crippen LogP contribution >= 0.6 is 11.6 Å². The van der Waals surface area contributed by atoms with Crippen LogP contribution in [0.2, 0.25) is 5.02 Å². The molecule has 2 aromatic carbocycles. The van der Waals surface area contributed by atoms with Crippen LogP contribution < -0.4 is 5.56 Å². The highest BCUT2D eigenvalue weighted by Crippen LogP contribution is 2.43. The third-order valence-corrected chi connectivity index (χ3v) is 5.86. The summed E-state index contributed by atoms with van der Waals surface area (Å²) in [5, 5.41) is 21.5. The van der Waals surface area contributed by atoms with E-state index in [1.54, 1.807) is 17.0 Å². The van der Waals surface area contributed by atoms with E-state index in [2.05, 4.69) is 17.1 Å². The molecular weight excluding hydrogens is 418 g/mol. The largest absolute Gasteiger partial charge is 0.501 e. The summed E-state index contributed by atoms with van der Waals surface area (Å²) in [6.07, 6.45) is 0. The highest BCUT2D eigenvalue weighted by atomic mass is 35.5. The Morgan fingerprint density at radius 1 is 1.16 bits per heavy atom. The molecule has 0 saturated carbocycles. The summed E-state index contributed by atoms with van der Waals surface area (Å²) in [4.78, 5) is 30.3. The van der Waals surface area contributed by atoms with Crippen LogP contribution in [-0.2, 0) is 0 Å². The zero-order valence-electron chi connectivity index (χ0n) is 16.9. The van der Waals surface area contributed by atoms with Crippen molar-refractivity contribution in [1.29, 1.82) is 0 Å². The molecule has 158 valence electrons. The maximum atomic E-state index is 13.1. The molecule has 4 rings (SSSR count). The Kier molecular flexibility index (Phi) is 5.34. The Morgan fingerprint density at radius 3 is 2.55 bits per heavy atom. The number of benzene rings is 1. The first-order valence-corrected chi connectivity index (χ1v) is 10.2. The minimum absolute atomic E-state index is 0.194. The number of fused-ring (bicyclic) bond motifs is 1. The number of aromatic nitrogens is 2. The van der Waals surface area contributed by atoms with Gasteiger partial charge in [0.1, 0.15) is 0 Å². The van der Waals surface area contributed by atoms with E-state index >= 15 is 0 Å². The molecule has 8 heteroatoms. The molecule has 2 heterocycles. The van der Waals surface area contributed by atoms with Crippen molar-refractivity contribution in [3.05, 3.63) is 86.8 Å². The molecule has 7 nitrogen and oxygen atoms in total. The number of carbonyl (C=O) groups excluding carboxylic acids is 1. The molecule has 0 bridgehead atoms. The van der Waals surface area contributed by atoms with E-state index in [9.17, 15) is 19.8 Å². The van der Waals surface area contributed by atoms with Crippen molar-refractivity contribution < 1.29 is 15.0 Å². The molecule has 2 N–H and O–H groups in total. The van der Waals surface area contributed by atoms with Crippen molar-refractivity contribution >= 4 is 17.5 Å². The lowest BCUT2D eigenvalue weighted by Crippen LogP contribution is -2.49. The normalized spacial score (nSPS) is 16.7. The van der Waals surface area contributed by atoms with Gasteiger partial charge in [-0.3, -0.25) is 14.2 Å². The number of hydrogen-bond donors (Lipinski definition) is 2. The average molecular weight is 438 g/mol. The lowest BCUT2D eigenvalue weighted by molar-refractivity contribution is 0.0573. The Balaban J connectivity index is 2.03. The zero-order valence-corrected chi connectivity index (χ0v) is 17.7. The van der Waals surface area contributed by atoms with Gasteiger partial charge in [-0.25, -0.2) is 0 Å². The topological polar surface area (TPSA) is 95.7 Å². The molecule has 0 aliphatic carbocycles. The minimum atomic E-state index is -1.06. The predicted molar refractivity (Wildman–Crippen MR) is 114 cm³/mol. The van der Waals surface area contributed by atoms with Gasteiger partial charge in [-0.2, -0.15) is 4.98 Å².